The third kappa shape index (κ3) is 2.71. The average Bonchev–Trinajstić information content (AvgIpc) is 2.59. The molecule has 4 nitrogen and oxygen atoms in total. The molecule has 0 saturated carbocycles. The van der Waals surface area contributed by atoms with E-state index in [1.54, 1.807) is 0 Å². The van der Waals surface area contributed by atoms with E-state index >= 15 is 0 Å². The Bertz CT molecular complexity index is 348. The third-order valence-corrected chi connectivity index (χ3v) is 3.02. The van der Waals surface area contributed by atoms with Gasteiger partial charge >= 0.3 is 0 Å². The lowest BCUT2D eigenvalue weighted by atomic mass is 10.1. The average molecular weight is 221 g/mol. The van der Waals surface area contributed by atoms with Gasteiger partial charge in [0.05, 0.1) is 5.60 Å². The van der Waals surface area contributed by atoms with Crippen LogP contribution < -0.4 is 5.32 Å². The zero-order chi connectivity index (χ0) is 11.6. The molecule has 1 aromatic heterocycles. The number of aliphatic hydroxyl groups is 1. The highest BCUT2D eigenvalue weighted by molar-refractivity contribution is 5.34. The van der Waals surface area contributed by atoms with Gasteiger partial charge in [-0.15, -0.1) is 0 Å². The van der Waals surface area contributed by atoms with E-state index in [0.29, 0.717) is 0 Å². The zero-order valence-electron chi connectivity index (χ0n) is 9.90. The largest absolute Gasteiger partial charge is 0.389 e. The van der Waals surface area contributed by atoms with E-state index in [2.05, 4.69) is 21.3 Å². The van der Waals surface area contributed by atoms with Crippen LogP contribution in [0.1, 0.15) is 18.9 Å². The number of aromatic nitrogens is 1. The van der Waals surface area contributed by atoms with Crippen LogP contribution in [0.25, 0.3) is 0 Å². The van der Waals surface area contributed by atoms with Gasteiger partial charge in [0.15, 0.2) is 0 Å². The Balaban J connectivity index is 1.94. The number of anilines is 1. The molecule has 2 N–H and O–H groups in total. The summed E-state index contributed by atoms with van der Waals surface area (Å²) in [5.41, 5.74) is 0.676. The van der Waals surface area contributed by atoms with Crippen molar-refractivity contribution in [2.45, 2.75) is 25.5 Å². The fourth-order valence-electron chi connectivity index (χ4n) is 2.10. The van der Waals surface area contributed by atoms with Gasteiger partial charge in [-0.2, -0.15) is 0 Å². The van der Waals surface area contributed by atoms with Gasteiger partial charge in [0.1, 0.15) is 5.82 Å². The molecule has 1 aliphatic rings. The highest BCUT2D eigenvalue weighted by Crippen LogP contribution is 2.21. The molecular formula is C12H19N3O. The summed E-state index contributed by atoms with van der Waals surface area (Å²) >= 11 is 0. The molecule has 0 aliphatic carbocycles. The quantitative estimate of drug-likeness (QED) is 0.802. The molecule has 88 valence electrons. The van der Waals surface area contributed by atoms with Crippen molar-refractivity contribution in [1.29, 1.82) is 0 Å². The molecule has 0 radical (unpaired) electrons. The van der Waals surface area contributed by atoms with Gasteiger partial charge < -0.3 is 10.4 Å². The van der Waals surface area contributed by atoms with Crippen LogP contribution in [-0.2, 0) is 6.54 Å². The van der Waals surface area contributed by atoms with Gasteiger partial charge in [0.2, 0.25) is 0 Å². The maximum absolute atomic E-state index is 9.86. The van der Waals surface area contributed by atoms with Crippen molar-refractivity contribution in [2.24, 2.45) is 0 Å². The molecule has 0 spiro atoms. The second kappa shape index (κ2) is 4.39. The molecule has 4 heteroatoms. The second-order valence-electron chi connectivity index (χ2n) is 4.76. The Kier molecular flexibility index (Phi) is 3.12. The number of nitrogens with one attached hydrogen (secondary N) is 1. The summed E-state index contributed by atoms with van der Waals surface area (Å²) in [6.07, 6.45) is 2.74. The number of likely N-dealkylation sites (tertiary alicyclic amines) is 1. The summed E-state index contributed by atoms with van der Waals surface area (Å²) in [5.74, 6) is 0.886. The van der Waals surface area contributed by atoms with Crippen LogP contribution in [0.2, 0.25) is 0 Å². The van der Waals surface area contributed by atoms with E-state index in [1.807, 2.05) is 26.2 Å². The van der Waals surface area contributed by atoms with E-state index < -0.39 is 5.60 Å². The number of β-amino-alcohol motifs (C(OH)–C–C–N with tert-alkyl or cyclic N) is 1. The summed E-state index contributed by atoms with van der Waals surface area (Å²) in [7, 11) is 1.86. The molecule has 1 unspecified atom stereocenters. The van der Waals surface area contributed by atoms with Crippen LogP contribution in [0.5, 0.6) is 0 Å². The van der Waals surface area contributed by atoms with Crippen molar-refractivity contribution < 1.29 is 5.11 Å². The number of rotatable bonds is 3. The molecule has 1 atom stereocenters. The van der Waals surface area contributed by atoms with Crippen LogP contribution in [0.3, 0.4) is 0 Å². The third-order valence-electron chi connectivity index (χ3n) is 3.02. The predicted molar refractivity (Wildman–Crippen MR) is 64.3 cm³/mol. The first kappa shape index (κ1) is 11.4. The molecule has 2 rings (SSSR count). The minimum atomic E-state index is -0.516. The summed E-state index contributed by atoms with van der Waals surface area (Å²) in [6, 6.07) is 4.05. The number of hydrogen-bond acceptors (Lipinski definition) is 4. The highest BCUT2D eigenvalue weighted by atomic mass is 16.3. The lowest BCUT2D eigenvalue weighted by Gasteiger charge is -2.18. The Hall–Kier alpha value is -1.13. The fraction of sp³-hybridized carbons (Fsp3) is 0.583. The monoisotopic (exact) mass is 221 g/mol. The van der Waals surface area contributed by atoms with Gasteiger partial charge in [0, 0.05) is 32.9 Å². The smallest absolute Gasteiger partial charge is 0.125 e. The van der Waals surface area contributed by atoms with Gasteiger partial charge in [-0.25, -0.2) is 4.98 Å². The van der Waals surface area contributed by atoms with Gasteiger partial charge in [-0.3, -0.25) is 4.90 Å². The standard InChI is InChI=1S/C12H19N3O/c1-12(16)5-6-15(9-12)8-10-3-4-11(13-2)14-7-10/h3-4,7,16H,5-6,8-9H2,1-2H3,(H,13,14). The summed E-state index contributed by atoms with van der Waals surface area (Å²) < 4.78 is 0. The molecule has 0 bridgehead atoms. The Morgan fingerprint density at radius 3 is 2.88 bits per heavy atom. The minimum absolute atomic E-state index is 0.516. The van der Waals surface area contributed by atoms with Crippen molar-refractivity contribution in [3.05, 3.63) is 23.9 Å². The number of nitrogens with zero attached hydrogens (tertiary/aromatic N) is 2. The summed E-state index contributed by atoms with van der Waals surface area (Å²) in [4.78, 5) is 6.54. The number of pyridine rings is 1. The van der Waals surface area contributed by atoms with E-state index in [1.165, 1.54) is 5.56 Å². The first-order valence-electron chi connectivity index (χ1n) is 5.66. The van der Waals surface area contributed by atoms with Crippen LogP contribution in [0.15, 0.2) is 18.3 Å². The van der Waals surface area contributed by atoms with E-state index in [4.69, 9.17) is 0 Å². The van der Waals surface area contributed by atoms with E-state index in [-0.39, 0.29) is 0 Å². The topological polar surface area (TPSA) is 48.4 Å². The lowest BCUT2D eigenvalue weighted by molar-refractivity contribution is 0.0679. The first-order valence-corrected chi connectivity index (χ1v) is 5.66. The molecule has 1 fully saturated rings. The van der Waals surface area contributed by atoms with Crippen LogP contribution >= 0.6 is 0 Å². The van der Waals surface area contributed by atoms with E-state index in [9.17, 15) is 5.11 Å². The number of hydrogen-bond donors (Lipinski definition) is 2. The first-order chi connectivity index (χ1) is 7.59. The normalized spacial score (nSPS) is 25.9. The molecule has 1 saturated heterocycles. The van der Waals surface area contributed by atoms with Gasteiger partial charge in [0.25, 0.3) is 0 Å². The Morgan fingerprint density at radius 1 is 1.56 bits per heavy atom. The predicted octanol–water partition coefficient (Wildman–Crippen LogP) is 1.08. The summed E-state index contributed by atoms with van der Waals surface area (Å²) in [5, 5.41) is 12.9. The molecule has 0 amide bonds. The minimum Gasteiger partial charge on any atom is -0.389 e. The molecule has 16 heavy (non-hydrogen) atoms. The molecule has 0 aromatic carbocycles. The molecule has 1 aromatic rings. The molecule has 2 heterocycles. The van der Waals surface area contributed by atoms with Crippen LogP contribution in [-0.4, -0.2) is 40.7 Å². The maximum Gasteiger partial charge on any atom is 0.125 e. The Labute approximate surface area is 96.3 Å². The summed E-state index contributed by atoms with van der Waals surface area (Å²) in [6.45, 7) is 4.48. The highest BCUT2D eigenvalue weighted by Gasteiger charge is 2.30. The zero-order valence-corrected chi connectivity index (χ0v) is 9.90. The van der Waals surface area contributed by atoms with Crippen molar-refractivity contribution in [1.82, 2.24) is 9.88 Å². The van der Waals surface area contributed by atoms with Crippen molar-refractivity contribution in [3.8, 4) is 0 Å². The Morgan fingerprint density at radius 2 is 2.38 bits per heavy atom. The maximum atomic E-state index is 9.86. The van der Waals surface area contributed by atoms with Crippen LogP contribution in [0, 0.1) is 0 Å². The molecule has 1 aliphatic heterocycles. The van der Waals surface area contributed by atoms with Crippen LogP contribution in [0.4, 0.5) is 5.82 Å². The van der Waals surface area contributed by atoms with Gasteiger partial charge in [-0.05, 0) is 25.0 Å². The van der Waals surface area contributed by atoms with Crippen molar-refractivity contribution in [2.75, 3.05) is 25.5 Å². The lowest BCUT2D eigenvalue weighted by Crippen LogP contribution is -2.29. The fourth-order valence-corrected chi connectivity index (χ4v) is 2.10. The van der Waals surface area contributed by atoms with Gasteiger partial charge in [-0.1, -0.05) is 6.07 Å². The van der Waals surface area contributed by atoms with Crippen molar-refractivity contribution >= 4 is 5.82 Å². The van der Waals surface area contributed by atoms with E-state index in [0.717, 1.165) is 31.9 Å². The molecular weight excluding hydrogens is 202 g/mol. The van der Waals surface area contributed by atoms with Crippen molar-refractivity contribution in [3.63, 3.8) is 0 Å². The SMILES string of the molecule is CNc1ccc(CN2CCC(C)(O)C2)cn1. The second-order valence-corrected chi connectivity index (χ2v) is 4.76.